The summed E-state index contributed by atoms with van der Waals surface area (Å²) in [6, 6.07) is 5.06. The molecule has 102 valence electrons. The summed E-state index contributed by atoms with van der Waals surface area (Å²) >= 11 is 0. The summed E-state index contributed by atoms with van der Waals surface area (Å²) in [7, 11) is 0. The Hall–Kier alpha value is -2.99. The van der Waals surface area contributed by atoms with Crippen LogP contribution in [0.1, 0.15) is 17.5 Å². The van der Waals surface area contributed by atoms with Crippen LogP contribution < -0.4 is 10.6 Å². The van der Waals surface area contributed by atoms with Crippen molar-refractivity contribution in [1.29, 1.82) is 5.26 Å². The first-order valence-corrected chi connectivity index (χ1v) is 5.73. The summed E-state index contributed by atoms with van der Waals surface area (Å²) in [5, 5.41) is 22.6. The number of terminal acetylenes is 1. The minimum Gasteiger partial charge on any atom is -0.480 e. The molecule has 1 unspecified atom stereocenters. The van der Waals surface area contributed by atoms with Gasteiger partial charge in [-0.25, -0.2) is 9.59 Å². The number of nitriles is 1. The number of rotatable bonds is 4. The summed E-state index contributed by atoms with van der Waals surface area (Å²) in [6.07, 6.45) is 4.91. The van der Waals surface area contributed by atoms with Gasteiger partial charge in [0.15, 0.2) is 0 Å². The Kier molecular flexibility index (Phi) is 5.13. The molecule has 0 radical (unpaired) electrons. The fraction of sp³-hybridized carbons (Fsp3) is 0.214. The lowest BCUT2D eigenvalue weighted by atomic mass is 10.1. The van der Waals surface area contributed by atoms with Gasteiger partial charge in [-0.3, -0.25) is 0 Å². The van der Waals surface area contributed by atoms with Gasteiger partial charge in [-0.05, 0) is 18.6 Å². The number of aliphatic carboxylic acids is 1. The normalized spacial score (nSPS) is 10.8. The predicted molar refractivity (Wildman–Crippen MR) is 72.9 cm³/mol. The van der Waals surface area contributed by atoms with E-state index in [1.165, 1.54) is 0 Å². The Balaban J connectivity index is 2.82. The number of carbonyl (C=O) groups is 2. The lowest BCUT2D eigenvalue weighted by molar-refractivity contribution is -0.139. The molecule has 0 saturated heterocycles. The van der Waals surface area contributed by atoms with E-state index in [4.69, 9.17) is 16.8 Å². The number of carbonyl (C=O) groups excluding carboxylic acids is 1. The van der Waals surface area contributed by atoms with Gasteiger partial charge in [0.1, 0.15) is 12.1 Å². The molecule has 0 fully saturated rings. The van der Waals surface area contributed by atoms with Crippen LogP contribution in [0.25, 0.3) is 0 Å². The summed E-state index contributed by atoms with van der Waals surface area (Å²) in [6.45, 7) is 1.74. The average molecular weight is 271 g/mol. The Labute approximate surface area is 116 Å². The molecule has 6 nitrogen and oxygen atoms in total. The number of hydrogen-bond donors (Lipinski definition) is 3. The van der Waals surface area contributed by atoms with Gasteiger partial charge < -0.3 is 15.7 Å². The van der Waals surface area contributed by atoms with Gasteiger partial charge in [0.25, 0.3) is 0 Å². The number of anilines is 1. The summed E-state index contributed by atoms with van der Waals surface area (Å²) in [5.41, 5.74) is 1.35. The highest BCUT2D eigenvalue weighted by Crippen LogP contribution is 2.18. The molecule has 2 amide bonds. The van der Waals surface area contributed by atoms with Crippen molar-refractivity contribution < 1.29 is 14.7 Å². The highest BCUT2D eigenvalue weighted by Gasteiger charge is 2.19. The fourth-order valence-electron chi connectivity index (χ4n) is 1.55. The van der Waals surface area contributed by atoms with E-state index in [9.17, 15) is 9.59 Å². The van der Waals surface area contributed by atoms with Crippen LogP contribution in [0, 0.1) is 30.6 Å². The van der Waals surface area contributed by atoms with Crippen LogP contribution in [-0.4, -0.2) is 23.1 Å². The van der Waals surface area contributed by atoms with Crippen molar-refractivity contribution >= 4 is 17.7 Å². The topological polar surface area (TPSA) is 102 Å². The van der Waals surface area contributed by atoms with Crippen molar-refractivity contribution in [3.8, 4) is 18.4 Å². The lowest BCUT2D eigenvalue weighted by Gasteiger charge is -2.14. The maximum absolute atomic E-state index is 11.7. The molecule has 1 atom stereocenters. The van der Waals surface area contributed by atoms with E-state index < -0.39 is 18.0 Å². The quantitative estimate of drug-likeness (QED) is 0.721. The van der Waals surface area contributed by atoms with Gasteiger partial charge in [-0.15, -0.1) is 12.3 Å². The average Bonchev–Trinajstić information content (AvgIpc) is 2.38. The molecule has 0 aliphatic heterocycles. The molecule has 0 aliphatic carbocycles. The van der Waals surface area contributed by atoms with E-state index in [0.717, 1.165) is 0 Å². The second-order valence-corrected chi connectivity index (χ2v) is 4.01. The third-order valence-electron chi connectivity index (χ3n) is 2.56. The smallest absolute Gasteiger partial charge is 0.327 e. The number of nitrogens with zero attached hydrogens (tertiary/aromatic N) is 1. The standard InChI is InChI=1S/C14H13N3O3/c1-3-5-12(13(18)19)17-14(20)16-11-7-4-6-9(2)10(11)8-15/h1,4,6-7,12H,5H2,2H3,(H,18,19)(H2,16,17,20). The van der Waals surface area contributed by atoms with Crippen LogP contribution in [0.5, 0.6) is 0 Å². The van der Waals surface area contributed by atoms with E-state index in [0.29, 0.717) is 16.8 Å². The zero-order valence-electron chi connectivity index (χ0n) is 10.8. The molecule has 1 rings (SSSR count). The van der Waals surface area contributed by atoms with Crippen LogP contribution >= 0.6 is 0 Å². The molecule has 0 saturated carbocycles. The first kappa shape index (κ1) is 15.1. The lowest BCUT2D eigenvalue weighted by Crippen LogP contribution is -2.42. The van der Waals surface area contributed by atoms with Gasteiger partial charge in [-0.1, -0.05) is 12.1 Å². The molecule has 0 spiro atoms. The van der Waals surface area contributed by atoms with Crippen LogP contribution in [-0.2, 0) is 4.79 Å². The van der Waals surface area contributed by atoms with Gasteiger partial charge in [0.05, 0.1) is 11.3 Å². The molecular formula is C14H13N3O3. The number of hydrogen-bond acceptors (Lipinski definition) is 3. The van der Waals surface area contributed by atoms with E-state index >= 15 is 0 Å². The molecule has 3 N–H and O–H groups in total. The SMILES string of the molecule is C#CCC(NC(=O)Nc1cccc(C)c1C#N)C(=O)O. The third kappa shape index (κ3) is 3.76. The Morgan fingerprint density at radius 3 is 2.75 bits per heavy atom. The minimum absolute atomic E-state index is 0.123. The van der Waals surface area contributed by atoms with Gasteiger partial charge >= 0.3 is 12.0 Å². The molecule has 1 aromatic rings. The number of aryl methyl sites for hydroxylation is 1. The number of amides is 2. The van der Waals surface area contributed by atoms with Gasteiger partial charge in [0, 0.05) is 6.42 Å². The van der Waals surface area contributed by atoms with Crippen molar-refractivity contribution in [2.24, 2.45) is 0 Å². The van der Waals surface area contributed by atoms with Crippen LogP contribution in [0.15, 0.2) is 18.2 Å². The molecule has 0 heterocycles. The number of benzene rings is 1. The summed E-state index contributed by atoms with van der Waals surface area (Å²) in [5.74, 6) is 0.955. The molecule has 6 heteroatoms. The highest BCUT2D eigenvalue weighted by atomic mass is 16.4. The van der Waals surface area contributed by atoms with Gasteiger partial charge in [-0.2, -0.15) is 5.26 Å². The fourth-order valence-corrected chi connectivity index (χ4v) is 1.55. The number of carboxylic acids is 1. The highest BCUT2D eigenvalue weighted by molar-refractivity contribution is 5.93. The summed E-state index contributed by atoms with van der Waals surface area (Å²) in [4.78, 5) is 22.6. The molecule has 1 aromatic carbocycles. The first-order valence-electron chi connectivity index (χ1n) is 5.73. The first-order chi connectivity index (χ1) is 9.49. The number of carboxylic acid groups (broad SMARTS) is 1. The van der Waals surface area contributed by atoms with Crippen molar-refractivity contribution in [3.63, 3.8) is 0 Å². The largest absolute Gasteiger partial charge is 0.480 e. The third-order valence-corrected chi connectivity index (χ3v) is 2.56. The Bertz CT molecular complexity index is 611. The van der Waals surface area contributed by atoms with E-state index in [1.54, 1.807) is 25.1 Å². The number of nitrogens with one attached hydrogen (secondary N) is 2. The van der Waals surface area contributed by atoms with Crippen LogP contribution in [0.4, 0.5) is 10.5 Å². The van der Waals surface area contributed by atoms with Crippen LogP contribution in [0.3, 0.4) is 0 Å². The predicted octanol–water partition coefficient (Wildman–Crippen LogP) is 1.46. The molecular weight excluding hydrogens is 258 g/mol. The Morgan fingerprint density at radius 2 is 2.20 bits per heavy atom. The molecule has 0 bridgehead atoms. The van der Waals surface area contributed by atoms with Crippen molar-refractivity contribution in [3.05, 3.63) is 29.3 Å². The molecule has 20 heavy (non-hydrogen) atoms. The van der Waals surface area contributed by atoms with Crippen molar-refractivity contribution in [1.82, 2.24) is 5.32 Å². The number of urea groups is 1. The monoisotopic (exact) mass is 271 g/mol. The maximum atomic E-state index is 11.7. The maximum Gasteiger partial charge on any atom is 0.327 e. The van der Waals surface area contributed by atoms with Crippen molar-refractivity contribution in [2.45, 2.75) is 19.4 Å². The van der Waals surface area contributed by atoms with E-state index in [1.807, 2.05) is 6.07 Å². The minimum atomic E-state index is -1.22. The zero-order valence-corrected chi connectivity index (χ0v) is 10.8. The van der Waals surface area contributed by atoms with Gasteiger partial charge in [0.2, 0.25) is 0 Å². The second-order valence-electron chi connectivity index (χ2n) is 4.01. The summed E-state index contributed by atoms with van der Waals surface area (Å²) < 4.78 is 0. The van der Waals surface area contributed by atoms with Crippen molar-refractivity contribution in [2.75, 3.05) is 5.32 Å². The second kappa shape index (κ2) is 6.81. The molecule has 0 aromatic heterocycles. The molecule has 0 aliphatic rings. The van der Waals surface area contributed by atoms with E-state index in [2.05, 4.69) is 16.6 Å². The van der Waals surface area contributed by atoms with E-state index in [-0.39, 0.29) is 6.42 Å². The Morgan fingerprint density at radius 1 is 1.50 bits per heavy atom. The zero-order chi connectivity index (χ0) is 15.1. The van der Waals surface area contributed by atoms with Crippen LogP contribution in [0.2, 0.25) is 0 Å².